The van der Waals surface area contributed by atoms with Crippen molar-refractivity contribution in [3.8, 4) is 11.5 Å². The van der Waals surface area contributed by atoms with Gasteiger partial charge in [0.05, 0.1) is 18.0 Å². The van der Waals surface area contributed by atoms with Crippen LogP contribution in [0.2, 0.25) is 0 Å². The highest BCUT2D eigenvalue weighted by atomic mass is 16.5. The van der Waals surface area contributed by atoms with Crippen LogP contribution < -0.4 is 15.4 Å². The normalized spacial score (nSPS) is 13.5. The summed E-state index contributed by atoms with van der Waals surface area (Å²) < 4.78 is 8.52. The number of aromatic nitrogens is 2. The molecular formula is C28H28N4O4. The lowest BCUT2D eigenvalue weighted by atomic mass is 10.0. The summed E-state index contributed by atoms with van der Waals surface area (Å²) in [5, 5.41) is 15.6. The number of hydrogen-bond acceptors (Lipinski definition) is 5. The molecule has 1 atom stereocenters. The van der Waals surface area contributed by atoms with Crippen LogP contribution in [-0.2, 0) is 11.3 Å². The lowest BCUT2D eigenvalue weighted by Gasteiger charge is -2.19. The summed E-state index contributed by atoms with van der Waals surface area (Å²) in [5.74, 6) is 0.860. The molecule has 1 unspecified atom stereocenters. The number of carboxylic acid groups (broad SMARTS) is 1. The van der Waals surface area contributed by atoms with Crippen LogP contribution in [0, 0.1) is 13.8 Å². The van der Waals surface area contributed by atoms with Gasteiger partial charge in [0.1, 0.15) is 11.3 Å². The lowest BCUT2D eigenvalue weighted by Crippen LogP contribution is -2.30. The van der Waals surface area contributed by atoms with Crippen LogP contribution >= 0.6 is 0 Å². The van der Waals surface area contributed by atoms with Gasteiger partial charge in [0, 0.05) is 18.7 Å². The Morgan fingerprint density at radius 1 is 1.11 bits per heavy atom. The summed E-state index contributed by atoms with van der Waals surface area (Å²) in [5.41, 5.74) is 4.60. The number of ether oxygens (including phenoxy) is 1. The maximum absolute atomic E-state index is 13.1. The van der Waals surface area contributed by atoms with Gasteiger partial charge in [-0.25, -0.2) is 4.98 Å². The number of nitrogens with zero attached hydrogens (tertiary/aromatic N) is 2. The smallest absolute Gasteiger partial charge is 0.305 e. The van der Waals surface area contributed by atoms with Crippen molar-refractivity contribution in [1.82, 2.24) is 14.9 Å². The molecule has 3 N–H and O–H groups in total. The van der Waals surface area contributed by atoms with Crippen LogP contribution in [0.15, 0.2) is 60.7 Å². The van der Waals surface area contributed by atoms with E-state index < -0.39 is 12.0 Å². The number of para-hydroxylation sites is 1. The van der Waals surface area contributed by atoms with Gasteiger partial charge in [-0.3, -0.25) is 9.59 Å². The van der Waals surface area contributed by atoms with Gasteiger partial charge >= 0.3 is 5.97 Å². The quantitative estimate of drug-likeness (QED) is 0.333. The molecule has 0 radical (unpaired) electrons. The largest absolute Gasteiger partial charge is 0.481 e. The van der Waals surface area contributed by atoms with Crippen LogP contribution in [0.3, 0.4) is 0 Å². The fourth-order valence-electron chi connectivity index (χ4n) is 4.71. The van der Waals surface area contributed by atoms with E-state index in [-0.39, 0.29) is 12.3 Å². The third-order valence-corrected chi connectivity index (χ3v) is 6.40. The molecule has 1 amide bonds. The first-order valence-electron chi connectivity index (χ1n) is 12.0. The zero-order valence-corrected chi connectivity index (χ0v) is 20.2. The topological polar surface area (TPSA) is 105 Å². The van der Waals surface area contributed by atoms with E-state index in [9.17, 15) is 14.7 Å². The first-order valence-corrected chi connectivity index (χ1v) is 12.0. The molecule has 184 valence electrons. The van der Waals surface area contributed by atoms with Crippen molar-refractivity contribution in [1.29, 1.82) is 0 Å². The van der Waals surface area contributed by atoms with Gasteiger partial charge in [-0.15, -0.1) is 0 Å². The molecule has 2 heterocycles. The van der Waals surface area contributed by atoms with Gasteiger partial charge in [0.2, 0.25) is 5.95 Å². The van der Waals surface area contributed by atoms with E-state index in [2.05, 4.69) is 15.2 Å². The van der Waals surface area contributed by atoms with Gasteiger partial charge in [0.15, 0.2) is 5.75 Å². The average molecular weight is 485 g/mol. The summed E-state index contributed by atoms with van der Waals surface area (Å²) in [6.07, 6.45) is 0.839. The number of amides is 1. The van der Waals surface area contributed by atoms with Crippen molar-refractivity contribution in [3.63, 3.8) is 0 Å². The molecule has 5 rings (SSSR count). The van der Waals surface area contributed by atoms with Crippen molar-refractivity contribution in [3.05, 3.63) is 82.9 Å². The first kappa shape index (κ1) is 23.4. The fraction of sp³-hybridized carbons (Fsp3) is 0.250. The number of anilines is 1. The molecule has 4 aromatic rings. The van der Waals surface area contributed by atoms with Crippen molar-refractivity contribution < 1.29 is 19.4 Å². The van der Waals surface area contributed by atoms with E-state index in [4.69, 9.17) is 9.72 Å². The minimum Gasteiger partial charge on any atom is -0.481 e. The van der Waals surface area contributed by atoms with Gasteiger partial charge in [-0.05, 0) is 61.2 Å². The number of carbonyl (C=O) groups excluding carboxylic acids is 1. The van der Waals surface area contributed by atoms with Crippen LogP contribution in [0.5, 0.6) is 11.5 Å². The van der Waals surface area contributed by atoms with Crippen LogP contribution in [0.1, 0.15) is 45.9 Å². The minimum absolute atomic E-state index is 0.206. The minimum atomic E-state index is -0.981. The summed E-state index contributed by atoms with van der Waals surface area (Å²) in [6.45, 7) is 5.60. The maximum Gasteiger partial charge on any atom is 0.305 e. The predicted octanol–water partition coefficient (Wildman–Crippen LogP) is 5.21. The number of imidazole rings is 1. The fourth-order valence-corrected chi connectivity index (χ4v) is 4.71. The molecule has 0 aliphatic carbocycles. The number of hydrogen-bond donors (Lipinski definition) is 3. The van der Waals surface area contributed by atoms with Crippen LogP contribution in [0.25, 0.3) is 11.0 Å². The SMILES string of the molecule is Cc1cc(C(=O)NC(CC(=O)O)c2ccccc2)cc(C)c1Oc1cccc2c1nc1n2CCCN1. The Kier molecular flexibility index (Phi) is 6.33. The van der Waals surface area contributed by atoms with Gasteiger partial charge < -0.3 is 25.0 Å². The van der Waals surface area contributed by atoms with Crippen molar-refractivity contribution >= 4 is 28.9 Å². The maximum atomic E-state index is 13.1. The molecule has 0 saturated carbocycles. The summed E-state index contributed by atoms with van der Waals surface area (Å²) in [7, 11) is 0. The Morgan fingerprint density at radius 3 is 2.58 bits per heavy atom. The Bertz CT molecular complexity index is 1420. The van der Waals surface area contributed by atoms with Gasteiger partial charge in [0.25, 0.3) is 5.91 Å². The summed E-state index contributed by atoms with van der Waals surface area (Å²) >= 11 is 0. The number of nitrogens with one attached hydrogen (secondary N) is 2. The van der Waals surface area contributed by atoms with Crippen LogP contribution in [-0.4, -0.2) is 33.1 Å². The zero-order chi connectivity index (χ0) is 25.2. The molecule has 3 aromatic carbocycles. The lowest BCUT2D eigenvalue weighted by molar-refractivity contribution is -0.137. The van der Waals surface area contributed by atoms with Crippen molar-refractivity contribution in [2.45, 2.75) is 39.3 Å². The third-order valence-electron chi connectivity index (χ3n) is 6.40. The number of carbonyl (C=O) groups is 2. The molecule has 1 aromatic heterocycles. The monoisotopic (exact) mass is 484 g/mol. The second kappa shape index (κ2) is 9.73. The van der Waals surface area contributed by atoms with Crippen LogP contribution in [0.4, 0.5) is 5.95 Å². The Morgan fingerprint density at radius 2 is 1.86 bits per heavy atom. The highest BCUT2D eigenvalue weighted by molar-refractivity contribution is 5.95. The molecular weight excluding hydrogens is 456 g/mol. The van der Waals surface area contributed by atoms with Crippen molar-refractivity contribution in [2.75, 3.05) is 11.9 Å². The number of aryl methyl sites for hydroxylation is 3. The molecule has 36 heavy (non-hydrogen) atoms. The first-order chi connectivity index (χ1) is 17.4. The van der Waals surface area contributed by atoms with Gasteiger partial charge in [-0.1, -0.05) is 36.4 Å². The number of benzene rings is 3. The summed E-state index contributed by atoms with van der Waals surface area (Å²) in [6, 6.07) is 17.9. The number of rotatable bonds is 7. The molecule has 8 nitrogen and oxygen atoms in total. The molecule has 1 aliphatic rings. The third kappa shape index (κ3) is 4.62. The van der Waals surface area contributed by atoms with Gasteiger partial charge in [-0.2, -0.15) is 0 Å². The molecule has 8 heteroatoms. The zero-order valence-electron chi connectivity index (χ0n) is 20.2. The Labute approximate surface area is 208 Å². The van der Waals surface area contributed by atoms with E-state index in [1.54, 1.807) is 12.1 Å². The molecule has 0 spiro atoms. The van der Waals surface area contributed by atoms with E-state index >= 15 is 0 Å². The molecule has 0 bridgehead atoms. The second-order valence-corrected chi connectivity index (χ2v) is 9.07. The van der Waals surface area contributed by atoms with E-state index in [1.807, 2.05) is 62.4 Å². The number of fused-ring (bicyclic) bond motifs is 3. The standard InChI is InChI=1S/C28H28N4O4/c1-17-14-20(27(35)30-21(16-24(33)34)19-8-4-3-5-9-19)15-18(2)26(17)36-23-11-6-10-22-25(23)31-28-29-12-7-13-32(22)28/h3-6,8-11,14-15,21H,7,12-13,16H2,1-2H3,(H,29,31)(H,30,35)(H,33,34). The Balaban J connectivity index is 1.41. The van der Waals surface area contributed by atoms with E-state index in [0.717, 1.165) is 53.2 Å². The Hall–Kier alpha value is -4.33. The molecule has 0 saturated heterocycles. The van der Waals surface area contributed by atoms with Crippen molar-refractivity contribution in [2.24, 2.45) is 0 Å². The highest BCUT2D eigenvalue weighted by Crippen LogP contribution is 2.35. The second-order valence-electron chi connectivity index (χ2n) is 9.07. The number of aliphatic carboxylic acids is 1. The van der Waals surface area contributed by atoms with E-state index in [0.29, 0.717) is 17.1 Å². The average Bonchev–Trinajstić information content (AvgIpc) is 3.25. The number of carboxylic acids is 1. The highest BCUT2D eigenvalue weighted by Gasteiger charge is 2.21. The molecule has 0 fully saturated rings. The van der Waals surface area contributed by atoms with E-state index in [1.165, 1.54) is 0 Å². The molecule has 1 aliphatic heterocycles. The summed E-state index contributed by atoms with van der Waals surface area (Å²) in [4.78, 5) is 29.3. The predicted molar refractivity (Wildman–Crippen MR) is 138 cm³/mol.